The van der Waals surface area contributed by atoms with E-state index in [9.17, 15) is 19.3 Å². The highest BCUT2D eigenvalue weighted by Gasteiger charge is 2.23. The topological polar surface area (TPSA) is 98.3 Å². The second-order valence-electron chi connectivity index (χ2n) is 6.82. The molecule has 0 spiro atoms. The zero-order chi connectivity index (χ0) is 22.4. The van der Waals surface area contributed by atoms with Crippen molar-refractivity contribution in [2.45, 2.75) is 0 Å². The Labute approximate surface area is 188 Å². The summed E-state index contributed by atoms with van der Waals surface area (Å²) >= 11 is 7.30. The molecular formula is C22H11ClFN3O4S. The van der Waals surface area contributed by atoms with Crippen LogP contribution in [0.5, 0.6) is 0 Å². The molecule has 0 unspecified atom stereocenters. The molecule has 0 radical (unpaired) electrons. The number of anilines is 1. The summed E-state index contributed by atoms with van der Waals surface area (Å²) < 4.78 is 19.5. The molecule has 158 valence electrons. The lowest BCUT2D eigenvalue weighted by atomic mass is 10.2. The molecule has 1 amide bonds. The third-order valence-electron chi connectivity index (χ3n) is 4.75. The van der Waals surface area contributed by atoms with Gasteiger partial charge in [-0.2, -0.15) is 0 Å². The molecule has 0 fully saturated rings. The predicted molar refractivity (Wildman–Crippen MR) is 121 cm³/mol. The first-order valence-electron chi connectivity index (χ1n) is 9.24. The third-order valence-corrected chi connectivity index (χ3v) is 6.49. The number of hydrogen-bond donors (Lipinski definition) is 1. The van der Waals surface area contributed by atoms with Gasteiger partial charge in [0, 0.05) is 22.7 Å². The molecular weight excluding hydrogens is 457 g/mol. The van der Waals surface area contributed by atoms with E-state index in [0.29, 0.717) is 32.4 Å². The van der Waals surface area contributed by atoms with Gasteiger partial charge in [-0.3, -0.25) is 14.9 Å². The van der Waals surface area contributed by atoms with Gasteiger partial charge in [-0.15, -0.1) is 11.3 Å². The lowest BCUT2D eigenvalue weighted by molar-refractivity contribution is -0.382. The van der Waals surface area contributed by atoms with E-state index in [1.165, 1.54) is 24.3 Å². The summed E-state index contributed by atoms with van der Waals surface area (Å²) in [6, 6.07) is 15.3. The monoisotopic (exact) mass is 467 g/mol. The number of carbonyl (C=O) groups is 1. The number of nitro benzene ring substituents is 1. The van der Waals surface area contributed by atoms with Crippen LogP contribution in [-0.2, 0) is 0 Å². The maximum atomic E-state index is 13.5. The number of thiophene rings is 1. The number of halogens is 2. The molecule has 2 aromatic heterocycles. The summed E-state index contributed by atoms with van der Waals surface area (Å²) in [5.74, 6) is -0.653. The predicted octanol–water partition coefficient (Wildman–Crippen LogP) is 6.66. The molecule has 5 aromatic rings. The zero-order valence-corrected chi connectivity index (χ0v) is 17.5. The van der Waals surface area contributed by atoms with Crippen LogP contribution in [0.25, 0.3) is 32.6 Å². The summed E-state index contributed by atoms with van der Waals surface area (Å²) in [6.45, 7) is 0. The highest BCUT2D eigenvalue weighted by molar-refractivity contribution is 7.22. The Morgan fingerprint density at radius 2 is 1.97 bits per heavy atom. The van der Waals surface area contributed by atoms with Crippen LogP contribution in [0.4, 0.5) is 15.8 Å². The minimum Gasteiger partial charge on any atom is -0.436 e. The van der Waals surface area contributed by atoms with E-state index in [2.05, 4.69) is 10.3 Å². The molecule has 0 aliphatic carbocycles. The van der Waals surface area contributed by atoms with E-state index in [4.69, 9.17) is 16.0 Å². The van der Waals surface area contributed by atoms with Crippen LogP contribution in [-0.4, -0.2) is 15.8 Å². The summed E-state index contributed by atoms with van der Waals surface area (Å²) in [5.41, 5.74) is 1.76. The van der Waals surface area contributed by atoms with Crippen molar-refractivity contribution in [1.29, 1.82) is 0 Å². The summed E-state index contributed by atoms with van der Waals surface area (Å²) in [4.78, 5) is 28.1. The number of carbonyl (C=O) groups excluding carboxylic acids is 1. The van der Waals surface area contributed by atoms with Crippen molar-refractivity contribution in [2.24, 2.45) is 0 Å². The standard InChI is InChI=1S/C22H11ClFN3O4S/c23-18-14-5-2-6-16(27(29)30)19(14)32-20(18)21(28)25-13-7-8-17-15(10-13)26-22(31-17)11-3-1-4-12(24)9-11/h1-10H,(H,25,28). The van der Waals surface area contributed by atoms with Crippen LogP contribution in [0.3, 0.4) is 0 Å². The van der Waals surface area contributed by atoms with Crippen molar-refractivity contribution < 1.29 is 18.5 Å². The molecule has 0 aliphatic heterocycles. The minimum absolute atomic E-state index is 0.109. The molecule has 2 heterocycles. The van der Waals surface area contributed by atoms with Crippen LogP contribution >= 0.6 is 22.9 Å². The highest BCUT2D eigenvalue weighted by Crippen LogP contribution is 2.40. The van der Waals surface area contributed by atoms with Gasteiger partial charge in [-0.05, 0) is 36.4 Å². The summed E-state index contributed by atoms with van der Waals surface area (Å²) in [5, 5.41) is 14.6. The van der Waals surface area contributed by atoms with Crippen molar-refractivity contribution in [2.75, 3.05) is 5.32 Å². The van der Waals surface area contributed by atoms with Gasteiger partial charge >= 0.3 is 0 Å². The average Bonchev–Trinajstić information content (AvgIpc) is 3.34. The molecule has 5 rings (SSSR count). The highest BCUT2D eigenvalue weighted by atomic mass is 35.5. The normalized spacial score (nSPS) is 11.2. The van der Waals surface area contributed by atoms with Crippen LogP contribution in [0.1, 0.15) is 9.67 Å². The van der Waals surface area contributed by atoms with Gasteiger partial charge in [0.25, 0.3) is 11.6 Å². The van der Waals surface area contributed by atoms with E-state index in [-0.39, 0.29) is 21.5 Å². The van der Waals surface area contributed by atoms with Gasteiger partial charge in [0.2, 0.25) is 5.89 Å². The van der Waals surface area contributed by atoms with E-state index < -0.39 is 16.6 Å². The Bertz CT molecular complexity index is 1550. The lowest BCUT2D eigenvalue weighted by Crippen LogP contribution is -2.10. The number of non-ortho nitro benzene ring substituents is 1. The first-order valence-corrected chi connectivity index (χ1v) is 10.4. The maximum Gasteiger partial charge on any atom is 0.287 e. The van der Waals surface area contributed by atoms with Crippen LogP contribution in [0.2, 0.25) is 5.02 Å². The second kappa shape index (κ2) is 7.70. The Kier molecular flexibility index (Phi) is 4.84. The first kappa shape index (κ1) is 20.1. The summed E-state index contributed by atoms with van der Waals surface area (Å²) in [7, 11) is 0. The molecule has 1 N–H and O–H groups in total. The minimum atomic E-state index is -0.508. The maximum absolute atomic E-state index is 13.5. The number of fused-ring (bicyclic) bond motifs is 2. The lowest BCUT2D eigenvalue weighted by Gasteiger charge is -2.03. The number of nitrogens with zero attached hydrogens (tertiary/aromatic N) is 2. The van der Waals surface area contributed by atoms with E-state index in [1.54, 1.807) is 36.4 Å². The molecule has 0 atom stereocenters. The Morgan fingerprint density at radius 3 is 2.75 bits per heavy atom. The Morgan fingerprint density at radius 1 is 1.16 bits per heavy atom. The average molecular weight is 468 g/mol. The molecule has 0 saturated carbocycles. The number of amides is 1. The van der Waals surface area contributed by atoms with Crippen LogP contribution < -0.4 is 5.32 Å². The van der Waals surface area contributed by atoms with E-state index in [0.717, 1.165) is 11.3 Å². The number of aromatic nitrogens is 1. The fraction of sp³-hybridized carbons (Fsp3) is 0. The Hall–Kier alpha value is -3.82. The van der Waals surface area contributed by atoms with Crippen molar-refractivity contribution in [3.8, 4) is 11.5 Å². The van der Waals surface area contributed by atoms with Gasteiger partial charge in [-0.25, -0.2) is 9.37 Å². The molecule has 10 heteroatoms. The number of oxazole rings is 1. The van der Waals surface area contributed by atoms with Crippen LogP contribution in [0, 0.1) is 15.9 Å². The van der Waals surface area contributed by atoms with Crippen molar-refractivity contribution in [3.05, 3.63) is 86.5 Å². The van der Waals surface area contributed by atoms with Gasteiger partial charge in [-0.1, -0.05) is 29.8 Å². The number of rotatable bonds is 4. The number of nitrogens with one attached hydrogen (secondary N) is 1. The van der Waals surface area contributed by atoms with Gasteiger partial charge in [0.15, 0.2) is 5.58 Å². The number of nitro groups is 1. The smallest absolute Gasteiger partial charge is 0.287 e. The van der Waals surface area contributed by atoms with Crippen molar-refractivity contribution in [3.63, 3.8) is 0 Å². The molecule has 3 aromatic carbocycles. The fourth-order valence-electron chi connectivity index (χ4n) is 3.30. The molecule has 0 saturated heterocycles. The first-order chi connectivity index (χ1) is 15.4. The number of benzene rings is 3. The summed E-state index contributed by atoms with van der Waals surface area (Å²) in [6.07, 6.45) is 0. The largest absolute Gasteiger partial charge is 0.436 e. The third kappa shape index (κ3) is 3.47. The SMILES string of the molecule is O=C(Nc1ccc2oc(-c3cccc(F)c3)nc2c1)c1sc2c([N+](=O)[O-])cccc2c1Cl. The van der Waals surface area contributed by atoms with Gasteiger partial charge in [0.05, 0.1) is 9.95 Å². The van der Waals surface area contributed by atoms with Gasteiger partial charge < -0.3 is 9.73 Å². The molecule has 32 heavy (non-hydrogen) atoms. The zero-order valence-electron chi connectivity index (χ0n) is 16.0. The fourth-order valence-corrected chi connectivity index (χ4v) is 4.79. The number of hydrogen-bond acceptors (Lipinski definition) is 6. The quantitative estimate of drug-likeness (QED) is 0.235. The second-order valence-corrected chi connectivity index (χ2v) is 8.22. The van der Waals surface area contributed by atoms with Crippen LogP contribution in [0.15, 0.2) is 65.1 Å². The Balaban J connectivity index is 1.47. The van der Waals surface area contributed by atoms with Crippen molar-refractivity contribution in [1.82, 2.24) is 4.98 Å². The molecule has 7 nitrogen and oxygen atoms in total. The van der Waals surface area contributed by atoms with Crippen molar-refractivity contribution >= 4 is 61.4 Å². The van der Waals surface area contributed by atoms with Gasteiger partial charge in [0.1, 0.15) is 20.9 Å². The molecule has 0 aliphatic rings. The molecule has 0 bridgehead atoms. The van der Waals surface area contributed by atoms with E-state index in [1.807, 2.05) is 0 Å². The van der Waals surface area contributed by atoms with E-state index >= 15 is 0 Å².